The fourth-order valence-corrected chi connectivity index (χ4v) is 1.20. The van der Waals surface area contributed by atoms with Crippen molar-refractivity contribution in [3.63, 3.8) is 0 Å². The van der Waals surface area contributed by atoms with Gasteiger partial charge in [-0.05, 0) is 13.8 Å². The third-order valence-corrected chi connectivity index (χ3v) is 2.17. The second-order valence-corrected chi connectivity index (χ2v) is 3.70. The van der Waals surface area contributed by atoms with Crippen molar-refractivity contribution in [2.75, 3.05) is 0 Å². The standard InChI is InChI=1S/C10H16N4O2/c1-6(11)10(16)14-8(7(2)15)5-9-12-3-4-13-9/h3-4,6,8H,5,11H2,1-2H3,(H,12,13)(H,14,16)/t6-,8-/m1/s1. The SMILES string of the molecule is CC(=O)[C@@H](Cc1ncc[nH]1)NC(=O)[C@@H](C)N. The number of nitrogens with two attached hydrogens (primary N) is 1. The number of hydrogen-bond donors (Lipinski definition) is 3. The van der Waals surface area contributed by atoms with Crippen LogP contribution in [0.5, 0.6) is 0 Å². The lowest BCUT2D eigenvalue weighted by Gasteiger charge is -2.16. The van der Waals surface area contributed by atoms with Crippen LogP contribution in [0.3, 0.4) is 0 Å². The molecule has 0 fully saturated rings. The number of aromatic amines is 1. The Morgan fingerprint density at radius 2 is 2.31 bits per heavy atom. The molecule has 16 heavy (non-hydrogen) atoms. The summed E-state index contributed by atoms with van der Waals surface area (Å²) in [6, 6.07) is -1.21. The van der Waals surface area contributed by atoms with Gasteiger partial charge >= 0.3 is 0 Å². The summed E-state index contributed by atoms with van der Waals surface area (Å²) >= 11 is 0. The van der Waals surface area contributed by atoms with Gasteiger partial charge in [0.25, 0.3) is 0 Å². The number of H-pyrrole nitrogens is 1. The molecule has 0 saturated heterocycles. The van der Waals surface area contributed by atoms with Crippen molar-refractivity contribution in [3.8, 4) is 0 Å². The number of carbonyl (C=O) groups is 2. The topological polar surface area (TPSA) is 101 Å². The van der Waals surface area contributed by atoms with E-state index in [1.807, 2.05) is 0 Å². The zero-order valence-electron chi connectivity index (χ0n) is 9.36. The second kappa shape index (κ2) is 5.41. The first-order valence-electron chi connectivity index (χ1n) is 5.05. The molecule has 1 rings (SSSR count). The molecule has 0 spiro atoms. The van der Waals surface area contributed by atoms with Crippen molar-refractivity contribution in [1.82, 2.24) is 15.3 Å². The Hall–Kier alpha value is -1.69. The summed E-state index contributed by atoms with van der Waals surface area (Å²) in [5, 5.41) is 2.58. The Kier molecular flexibility index (Phi) is 4.19. The number of nitrogens with one attached hydrogen (secondary N) is 2. The molecule has 4 N–H and O–H groups in total. The monoisotopic (exact) mass is 224 g/mol. The fourth-order valence-electron chi connectivity index (χ4n) is 1.20. The van der Waals surface area contributed by atoms with Crippen molar-refractivity contribution in [2.24, 2.45) is 5.73 Å². The van der Waals surface area contributed by atoms with E-state index in [0.717, 1.165) is 0 Å². The van der Waals surface area contributed by atoms with E-state index in [0.29, 0.717) is 12.2 Å². The van der Waals surface area contributed by atoms with Gasteiger partial charge in [-0.3, -0.25) is 9.59 Å². The van der Waals surface area contributed by atoms with Gasteiger partial charge in [0.1, 0.15) is 5.82 Å². The highest BCUT2D eigenvalue weighted by atomic mass is 16.2. The van der Waals surface area contributed by atoms with E-state index in [-0.39, 0.29) is 11.7 Å². The lowest BCUT2D eigenvalue weighted by Crippen LogP contribution is -2.47. The van der Waals surface area contributed by atoms with Crippen molar-refractivity contribution >= 4 is 11.7 Å². The van der Waals surface area contributed by atoms with E-state index < -0.39 is 12.1 Å². The predicted molar refractivity (Wildman–Crippen MR) is 58.6 cm³/mol. The molecule has 0 unspecified atom stereocenters. The molecule has 1 amide bonds. The minimum atomic E-state index is -0.626. The van der Waals surface area contributed by atoms with Crippen LogP contribution in [0, 0.1) is 0 Å². The summed E-state index contributed by atoms with van der Waals surface area (Å²) in [7, 11) is 0. The molecule has 0 saturated carbocycles. The molecule has 0 aromatic carbocycles. The maximum atomic E-state index is 11.4. The van der Waals surface area contributed by atoms with Gasteiger partial charge in [0.2, 0.25) is 5.91 Å². The highest BCUT2D eigenvalue weighted by Crippen LogP contribution is 1.98. The quantitative estimate of drug-likeness (QED) is 0.620. The van der Waals surface area contributed by atoms with Gasteiger partial charge in [-0.1, -0.05) is 0 Å². The third-order valence-electron chi connectivity index (χ3n) is 2.17. The summed E-state index contributed by atoms with van der Waals surface area (Å²) in [6.45, 7) is 2.99. The van der Waals surface area contributed by atoms with Gasteiger partial charge in [0.15, 0.2) is 5.78 Å². The molecule has 0 aliphatic heterocycles. The molecule has 2 atom stereocenters. The van der Waals surface area contributed by atoms with Crippen LogP contribution in [0.15, 0.2) is 12.4 Å². The lowest BCUT2D eigenvalue weighted by molar-refractivity contribution is -0.127. The number of rotatable bonds is 5. The Labute approximate surface area is 93.6 Å². The van der Waals surface area contributed by atoms with E-state index >= 15 is 0 Å². The number of amides is 1. The van der Waals surface area contributed by atoms with Gasteiger partial charge in [0.05, 0.1) is 12.1 Å². The van der Waals surface area contributed by atoms with Crippen molar-refractivity contribution < 1.29 is 9.59 Å². The van der Waals surface area contributed by atoms with E-state index in [9.17, 15) is 9.59 Å². The number of carbonyl (C=O) groups excluding carboxylic acids is 2. The van der Waals surface area contributed by atoms with Gasteiger partial charge in [-0.25, -0.2) is 4.98 Å². The van der Waals surface area contributed by atoms with E-state index in [4.69, 9.17) is 5.73 Å². The van der Waals surface area contributed by atoms with Crippen LogP contribution in [-0.2, 0) is 16.0 Å². The summed E-state index contributed by atoms with van der Waals surface area (Å²) < 4.78 is 0. The van der Waals surface area contributed by atoms with Crippen LogP contribution in [0.2, 0.25) is 0 Å². The number of hydrogen-bond acceptors (Lipinski definition) is 4. The normalized spacial score (nSPS) is 14.2. The number of nitrogens with zero attached hydrogens (tertiary/aromatic N) is 1. The average molecular weight is 224 g/mol. The molecule has 88 valence electrons. The summed E-state index contributed by atoms with van der Waals surface area (Å²) in [6.07, 6.45) is 3.61. The van der Waals surface area contributed by atoms with Crippen LogP contribution in [0.1, 0.15) is 19.7 Å². The largest absolute Gasteiger partial charge is 0.349 e. The first-order valence-corrected chi connectivity index (χ1v) is 5.05. The van der Waals surface area contributed by atoms with E-state index in [1.165, 1.54) is 6.92 Å². The minimum Gasteiger partial charge on any atom is -0.349 e. The summed E-state index contributed by atoms with van der Waals surface area (Å²) in [5.74, 6) is 0.197. The van der Waals surface area contributed by atoms with Crippen LogP contribution in [0.4, 0.5) is 0 Å². The number of Topliss-reactive ketones (excluding diaryl/α,β-unsaturated/α-hetero) is 1. The number of ketones is 1. The Bertz CT molecular complexity index is 359. The van der Waals surface area contributed by atoms with Crippen LogP contribution < -0.4 is 11.1 Å². The minimum absolute atomic E-state index is 0.120. The Morgan fingerprint density at radius 1 is 1.62 bits per heavy atom. The molecule has 0 aliphatic rings. The number of imidazole rings is 1. The molecule has 6 heteroatoms. The molecular formula is C10H16N4O2. The predicted octanol–water partition coefficient (Wildman–Crippen LogP) is -0.627. The first-order chi connectivity index (χ1) is 7.50. The summed E-state index contributed by atoms with van der Waals surface area (Å²) in [5.41, 5.74) is 5.41. The molecule has 1 aromatic heterocycles. The van der Waals surface area contributed by atoms with Gasteiger partial charge in [0, 0.05) is 18.8 Å². The van der Waals surface area contributed by atoms with Gasteiger partial charge in [-0.2, -0.15) is 0 Å². The zero-order chi connectivity index (χ0) is 12.1. The molecule has 0 radical (unpaired) electrons. The second-order valence-electron chi connectivity index (χ2n) is 3.70. The Balaban J connectivity index is 2.62. The van der Waals surface area contributed by atoms with E-state index in [2.05, 4.69) is 15.3 Å². The molecular weight excluding hydrogens is 208 g/mol. The zero-order valence-corrected chi connectivity index (χ0v) is 9.36. The highest BCUT2D eigenvalue weighted by Gasteiger charge is 2.20. The first kappa shape index (κ1) is 12.4. The maximum absolute atomic E-state index is 11.4. The van der Waals surface area contributed by atoms with Crippen LogP contribution >= 0.6 is 0 Å². The third kappa shape index (κ3) is 3.47. The average Bonchev–Trinajstić information content (AvgIpc) is 2.68. The molecule has 6 nitrogen and oxygen atoms in total. The van der Waals surface area contributed by atoms with Gasteiger partial charge in [-0.15, -0.1) is 0 Å². The van der Waals surface area contributed by atoms with Crippen molar-refractivity contribution in [3.05, 3.63) is 18.2 Å². The molecule has 0 bridgehead atoms. The molecule has 1 aromatic rings. The molecule has 0 aliphatic carbocycles. The van der Waals surface area contributed by atoms with Crippen LogP contribution in [-0.4, -0.2) is 33.7 Å². The van der Waals surface area contributed by atoms with Crippen molar-refractivity contribution in [2.45, 2.75) is 32.4 Å². The lowest BCUT2D eigenvalue weighted by atomic mass is 10.1. The fraction of sp³-hybridized carbons (Fsp3) is 0.500. The van der Waals surface area contributed by atoms with Crippen LogP contribution in [0.25, 0.3) is 0 Å². The van der Waals surface area contributed by atoms with Gasteiger partial charge < -0.3 is 16.0 Å². The molecule has 1 heterocycles. The van der Waals surface area contributed by atoms with Crippen molar-refractivity contribution in [1.29, 1.82) is 0 Å². The Morgan fingerprint density at radius 3 is 2.75 bits per heavy atom. The van der Waals surface area contributed by atoms with E-state index in [1.54, 1.807) is 19.3 Å². The maximum Gasteiger partial charge on any atom is 0.237 e. The smallest absolute Gasteiger partial charge is 0.237 e. The summed E-state index contributed by atoms with van der Waals surface area (Å²) in [4.78, 5) is 29.6. The number of aromatic nitrogens is 2. The highest BCUT2D eigenvalue weighted by molar-refractivity contribution is 5.89.